The van der Waals surface area contributed by atoms with Crippen LogP contribution < -0.4 is 0 Å². The second-order valence-corrected chi connectivity index (χ2v) is 5.32. The minimum atomic E-state index is 0.145. The maximum absolute atomic E-state index is 9.94. The number of phenolic OH excluding ortho intramolecular Hbond substituents is 1. The van der Waals surface area contributed by atoms with Gasteiger partial charge in [0.25, 0.3) is 0 Å². The van der Waals surface area contributed by atoms with E-state index >= 15 is 0 Å². The molecule has 0 bridgehead atoms. The predicted molar refractivity (Wildman–Crippen MR) is 73.1 cm³/mol. The van der Waals surface area contributed by atoms with Gasteiger partial charge in [-0.2, -0.15) is 0 Å². The molecule has 0 amide bonds. The molecule has 2 rings (SSSR count). The number of halogens is 1. The van der Waals surface area contributed by atoms with E-state index in [0.29, 0.717) is 16.8 Å². The quantitative estimate of drug-likeness (QED) is 0.915. The molecule has 18 heavy (non-hydrogen) atoms. The van der Waals surface area contributed by atoms with E-state index in [1.165, 1.54) is 0 Å². The number of rotatable bonds is 3. The highest BCUT2D eigenvalue weighted by atomic mass is 35.5. The van der Waals surface area contributed by atoms with Crippen molar-refractivity contribution < 1.29 is 9.84 Å². The highest BCUT2D eigenvalue weighted by Gasteiger charge is 2.24. The number of hydrogen-bond donors (Lipinski definition) is 1. The minimum Gasteiger partial charge on any atom is -0.508 e. The second kappa shape index (κ2) is 5.91. The molecular formula is C14H20ClNO2. The molecule has 1 heterocycles. The second-order valence-electron chi connectivity index (χ2n) is 4.89. The van der Waals surface area contributed by atoms with Crippen molar-refractivity contribution in [2.45, 2.75) is 31.8 Å². The van der Waals surface area contributed by atoms with Crippen molar-refractivity contribution in [2.75, 3.05) is 20.3 Å². The van der Waals surface area contributed by atoms with Gasteiger partial charge in [0.1, 0.15) is 5.75 Å². The van der Waals surface area contributed by atoms with Crippen LogP contribution in [0.1, 0.15) is 31.4 Å². The van der Waals surface area contributed by atoms with Gasteiger partial charge < -0.3 is 9.84 Å². The number of benzene rings is 1. The molecule has 0 saturated carbocycles. The van der Waals surface area contributed by atoms with Crippen molar-refractivity contribution in [3.63, 3.8) is 0 Å². The molecule has 1 aliphatic heterocycles. The van der Waals surface area contributed by atoms with Gasteiger partial charge in [-0.15, -0.1) is 0 Å². The van der Waals surface area contributed by atoms with Crippen LogP contribution >= 0.6 is 11.6 Å². The van der Waals surface area contributed by atoms with Crippen molar-refractivity contribution in [1.29, 1.82) is 0 Å². The van der Waals surface area contributed by atoms with E-state index in [0.717, 1.165) is 31.6 Å². The summed E-state index contributed by atoms with van der Waals surface area (Å²) in [6, 6.07) is 5.87. The Labute approximate surface area is 113 Å². The lowest BCUT2D eigenvalue weighted by Gasteiger charge is -2.35. The molecule has 0 radical (unpaired) electrons. The first-order chi connectivity index (χ1) is 8.59. The van der Waals surface area contributed by atoms with Gasteiger partial charge in [-0.3, -0.25) is 4.90 Å². The lowest BCUT2D eigenvalue weighted by molar-refractivity contribution is 0.0306. The summed E-state index contributed by atoms with van der Waals surface area (Å²) in [5.74, 6) is 0.311. The summed E-state index contributed by atoms with van der Waals surface area (Å²) in [4.78, 5) is 2.30. The van der Waals surface area contributed by atoms with Gasteiger partial charge in [0.15, 0.2) is 0 Å². The number of phenols is 1. The Morgan fingerprint density at radius 3 is 2.72 bits per heavy atom. The lowest BCUT2D eigenvalue weighted by atomic mass is 10.0. The van der Waals surface area contributed by atoms with E-state index in [9.17, 15) is 5.11 Å². The molecule has 0 aromatic heterocycles. The molecule has 1 atom stereocenters. The van der Waals surface area contributed by atoms with E-state index in [2.05, 4.69) is 18.9 Å². The fourth-order valence-corrected chi connectivity index (χ4v) is 2.67. The first kappa shape index (κ1) is 13.7. The normalized spacial score (nSPS) is 19.1. The molecular weight excluding hydrogens is 250 g/mol. The zero-order valence-corrected chi connectivity index (χ0v) is 11.7. The zero-order chi connectivity index (χ0) is 13.1. The van der Waals surface area contributed by atoms with Crippen LogP contribution in [0.4, 0.5) is 0 Å². The molecule has 1 unspecified atom stereocenters. The number of nitrogens with zero attached hydrogens (tertiary/aromatic N) is 1. The summed E-state index contributed by atoms with van der Waals surface area (Å²) in [6.45, 7) is 3.74. The number of ether oxygens (including phenoxy) is 1. The van der Waals surface area contributed by atoms with Crippen molar-refractivity contribution in [2.24, 2.45) is 0 Å². The van der Waals surface area contributed by atoms with E-state index < -0.39 is 0 Å². The van der Waals surface area contributed by atoms with Gasteiger partial charge in [-0.1, -0.05) is 11.6 Å². The molecule has 100 valence electrons. The average Bonchev–Trinajstić information content (AvgIpc) is 2.41. The highest BCUT2D eigenvalue weighted by molar-refractivity contribution is 6.30. The largest absolute Gasteiger partial charge is 0.508 e. The van der Waals surface area contributed by atoms with Crippen molar-refractivity contribution >= 4 is 11.6 Å². The summed E-state index contributed by atoms with van der Waals surface area (Å²) in [7, 11) is 2.10. The molecule has 0 aliphatic carbocycles. The summed E-state index contributed by atoms with van der Waals surface area (Å²) < 4.78 is 5.38. The van der Waals surface area contributed by atoms with Crippen molar-refractivity contribution in [3.8, 4) is 5.75 Å². The third kappa shape index (κ3) is 2.97. The zero-order valence-electron chi connectivity index (χ0n) is 10.9. The minimum absolute atomic E-state index is 0.145. The molecule has 1 aromatic carbocycles. The van der Waals surface area contributed by atoms with Crippen molar-refractivity contribution in [3.05, 3.63) is 28.8 Å². The summed E-state index contributed by atoms with van der Waals surface area (Å²) in [5.41, 5.74) is 0.886. The fraction of sp³-hybridized carbons (Fsp3) is 0.571. The summed E-state index contributed by atoms with van der Waals surface area (Å²) >= 11 is 6.00. The fourth-order valence-electron chi connectivity index (χ4n) is 2.49. The standard InChI is InChI=1S/C14H20ClNO2/c1-10(13-9-11(15)3-4-14(13)17)16(2)12-5-7-18-8-6-12/h3-4,9-10,12,17H,5-8H2,1-2H3. The van der Waals surface area contributed by atoms with Crippen LogP contribution in [-0.2, 0) is 4.74 Å². The van der Waals surface area contributed by atoms with Crippen LogP contribution in [-0.4, -0.2) is 36.3 Å². The third-order valence-electron chi connectivity index (χ3n) is 3.82. The van der Waals surface area contributed by atoms with Gasteiger partial charge >= 0.3 is 0 Å². The van der Waals surface area contributed by atoms with E-state index in [4.69, 9.17) is 16.3 Å². The molecule has 3 nitrogen and oxygen atoms in total. The van der Waals surface area contributed by atoms with E-state index in [1.807, 2.05) is 6.07 Å². The Kier molecular flexibility index (Phi) is 4.49. The molecule has 1 aromatic rings. The first-order valence-corrected chi connectivity index (χ1v) is 6.75. The monoisotopic (exact) mass is 269 g/mol. The Morgan fingerprint density at radius 2 is 2.06 bits per heavy atom. The van der Waals surface area contributed by atoms with Crippen LogP contribution in [0.3, 0.4) is 0 Å². The Morgan fingerprint density at radius 1 is 1.39 bits per heavy atom. The van der Waals surface area contributed by atoms with Crippen LogP contribution in [0, 0.1) is 0 Å². The van der Waals surface area contributed by atoms with Crippen LogP contribution in [0.2, 0.25) is 5.02 Å². The SMILES string of the molecule is CC(c1cc(Cl)ccc1O)N(C)C1CCOCC1. The topological polar surface area (TPSA) is 32.7 Å². The smallest absolute Gasteiger partial charge is 0.120 e. The number of hydrogen-bond acceptors (Lipinski definition) is 3. The average molecular weight is 270 g/mol. The molecule has 1 saturated heterocycles. The summed E-state index contributed by atoms with van der Waals surface area (Å²) in [5, 5.41) is 10.6. The third-order valence-corrected chi connectivity index (χ3v) is 4.05. The molecule has 1 N–H and O–H groups in total. The maximum Gasteiger partial charge on any atom is 0.120 e. The Bertz CT molecular complexity index is 405. The van der Waals surface area contributed by atoms with Crippen LogP contribution in [0.25, 0.3) is 0 Å². The van der Waals surface area contributed by atoms with Crippen LogP contribution in [0.15, 0.2) is 18.2 Å². The Balaban J connectivity index is 2.13. The van der Waals surface area contributed by atoms with E-state index in [-0.39, 0.29) is 6.04 Å². The van der Waals surface area contributed by atoms with Crippen LogP contribution in [0.5, 0.6) is 5.75 Å². The van der Waals surface area contributed by atoms with Gasteiger partial charge in [-0.25, -0.2) is 0 Å². The lowest BCUT2D eigenvalue weighted by Crippen LogP contribution is -2.38. The maximum atomic E-state index is 9.94. The highest BCUT2D eigenvalue weighted by Crippen LogP contribution is 2.32. The number of aromatic hydroxyl groups is 1. The summed E-state index contributed by atoms with van der Waals surface area (Å²) in [6.07, 6.45) is 2.09. The first-order valence-electron chi connectivity index (χ1n) is 6.37. The van der Waals surface area contributed by atoms with Gasteiger partial charge in [0.05, 0.1) is 0 Å². The van der Waals surface area contributed by atoms with Gasteiger partial charge in [0, 0.05) is 35.9 Å². The van der Waals surface area contributed by atoms with Crippen molar-refractivity contribution in [1.82, 2.24) is 4.90 Å². The van der Waals surface area contributed by atoms with Gasteiger partial charge in [0.2, 0.25) is 0 Å². The molecule has 1 aliphatic rings. The Hall–Kier alpha value is -0.770. The molecule has 0 spiro atoms. The predicted octanol–water partition coefficient (Wildman–Crippen LogP) is 3.22. The molecule has 4 heteroatoms. The molecule has 1 fully saturated rings. The van der Waals surface area contributed by atoms with E-state index in [1.54, 1.807) is 12.1 Å². The van der Waals surface area contributed by atoms with Gasteiger partial charge in [-0.05, 0) is 45.0 Å².